The van der Waals surface area contributed by atoms with E-state index >= 15 is 0 Å². The number of unbranched alkanes of at least 4 members (excludes halogenated alkanes) is 30. The molecule has 0 saturated heterocycles. The van der Waals surface area contributed by atoms with Crippen LogP contribution in [0, 0.1) is 28.6 Å². The van der Waals surface area contributed by atoms with Crippen LogP contribution in [0.15, 0.2) is 60.3 Å². The van der Waals surface area contributed by atoms with Crippen LogP contribution in [-0.4, -0.2) is 62.6 Å². The first-order valence-corrected chi connectivity index (χ1v) is 36.6. The van der Waals surface area contributed by atoms with E-state index in [4.69, 9.17) is 23.7 Å². The zero-order valence-electron chi connectivity index (χ0n) is 56.2. The molecule has 0 aromatic carbocycles. The zero-order valence-corrected chi connectivity index (χ0v) is 56.2. The summed E-state index contributed by atoms with van der Waals surface area (Å²) in [5.41, 5.74) is 2.34. The molecule has 9 atom stereocenters. The monoisotopic (exact) mass is 1180 g/mol. The Morgan fingerprint density at radius 2 is 0.906 bits per heavy atom. The van der Waals surface area contributed by atoms with Crippen molar-refractivity contribution >= 4 is 17.9 Å². The van der Waals surface area contributed by atoms with Crippen LogP contribution in [0.4, 0.5) is 0 Å². The minimum atomic E-state index is -0.807. The molecule has 0 aromatic heterocycles. The van der Waals surface area contributed by atoms with Gasteiger partial charge in [-0.2, -0.15) is 0 Å². The van der Waals surface area contributed by atoms with Crippen LogP contribution in [-0.2, 0) is 38.1 Å². The molecule has 0 aliphatic heterocycles. The molecule has 0 amide bonds. The molecule has 0 radical (unpaired) electrons. The SMILES string of the molecule is CCCCC/C=C\C(/C=C\CCCCCCCC(=O)OCC(COC(=O)CCCCCCC/C=C\CCCCCCCC)OC(=O)CCCCCCC/C=C\CCCCCCCC)OC1C=C2CCC3C(CCC4(C)C(OC)CCC34)C2(C)CC1. The van der Waals surface area contributed by atoms with Crippen LogP contribution in [0.25, 0.3) is 0 Å². The zero-order chi connectivity index (χ0) is 60.9. The molecule has 0 N–H and O–H groups in total. The average Bonchev–Trinajstić information content (AvgIpc) is 2.15. The van der Waals surface area contributed by atoms with Gasteiger partial charge in [0.25, 0.3) is 0 Å². The predicted molar refractivity (Wildman–Crippen MR) is 357 cm³/mol. The van der Waals surface area contributed by atoms with Gasteiger partial charge in [0.2, 0.25) is 0 Å². The number of hydrogen-bond donors (Lipinski definition) is 0. The Kier molecular flexibility index (Phi) is 41.2. The lowest BCUT2D eigenvalue weighted by Gasteiger charge is -2.58. The van der Waals surface area contributed by atoms with E-state index in [-0.39, 0.29) is 43.3 Å². The van der Waals surface area contributed by atoms with Gasteiger partial charge in [-0.3, -0.25) is 14.4 Å². The van der Waals surface area contributed by atoms with Crippen molar-refractivity contribution in [1.29, 1.82) is 0 Å². The summed E-state index contributed by atoms with van der Waals surface area (Å²) in [6.45, 7) is 11.8. The number of ether oxygens (including phenoxy) is 5. The Labute approximate surface area is 523 Å². The molecule has 0 spiro atoms. The summed E-state index contributed by atoms with van der Waals surface area (Å²) in [5.74, 6) is 1.52. The summed E-state index contributed by atoms with van der Waals surface area (Å²) in [6, 6.07) is 0. The van der Waals surface area contributed by atoms with Crippen molar-refractivity contribution in [2.24, 2.45) is 28.6 Å². The summed E-state index contributed by atoms with van der Waals surface area (Å²) in [4.78, 5) is 38.8. The van der Waals surface area contributed by atoms with E-state index < -0.39 is 6.10 Å². The fourth-order valence-electron chi connectivity index (χ4n) is 15.1. The standard InChI is InChI=1S/C77H132O8/c1-7-10-13-16-18-20-22-24-26-28-30-32-36-41-46-51-73(78)82-63-68(85-75(80)53-48-43-37-33-31-29-27-25-23-21-19-17-14-11-8-2)64-83-74(79)52-47-42-38-34-35-40-45-50-66(49-44-39-15-12-9-3)84-67-58-60-76(4)65(62-67)54-55-69-70-56-57-72(81-6)77(70,5)61-59-71(69)76/h24-27,44-45,49-50,62,66-72H,7-23,28-43,46-48,51-61,63-64H2,1-6H3/b26-24-,27-25-,49-44-,50-45-. The topological polar surface area (TPSA) is 97.4 Å². The van der Waals surface area contributed by atoms with Gasteiger partial charge in [0, 0.05) is 26.4 Å². The maximum Gasteiger partial charge on any atom is 0.306 e. The second-order valence-electron chi connectivity index (χ2n) is 27.4. The van der Waals surface area contributed by atoms with Gasteiger partial charge in [-0.05, 0) is 176 Å². The highest BCUT2D eigenvalue weighted by atomic mass is 16.6. The van der Waals surface area contributed by atoms with Crippen molar-refractivity contribution < 1.29 is 38.1 Å². The summed E-state index contributed by atoms with van der Waals surface area (Å²) < 4.78 is 30.1. The Hall–Kier alpha value is -2.97. The van der Waals surface area contributed by atoms with Crippen molar-refractivity contribution in [3.8, 4) is 0 Å². The lowest BCUT2D eigenvalue weighted by atomic mass is 9.47. The molecule has 0 aromatic rings. The van der Waals surface area contributed by atoms with Crippen molar-refractivity contribution in [2.75, 3.05) is 20.3 Å². The van der Waals surface area contributed by atoms with Crippen molar-refractivity contribution in [3.05, 3.63) is 60.3 Å². The number of allylic oxidation sites excluding steroid dienone is 7. The molecule has 488 valence electrons. The molecule has 4 aliphatic carbocycles. The fraction of sp³-hybridized carbons (Fsp3) is 0.831. The summed E-state index contributed by atoms with van der Waals surface area (Å²) in [7, 11) is 1.94. The first-order valence-electron chi connectivity index (χ1n) is 36.6. The second kappa shape index (κ2) is 47.0. The van der Waals surface area contributed by atoms with Crippen LogP contribution >= 0.6 is 0 Å². The first-order chi connectivity index (χ1) is 41.6. The maximum absolute atomic E-state index is 13.0. The molecular formula is C77H132O8. The number of carbonyl (C=O) groups excluding carboxylic acids is 3. The quantitative estimate of drug-likeness (QED) is 0.0257. The molecule has 8 nitrogen and oxygen atoms in total. The highest BCUT2D eigenvalue weighted by molar-refractivity contribution is 5.71. The van der Waals surface area contributed by atoms with E-state index in [1.54, 1.807) is 5.57 Å². The molecule has 9 unspecified atom stereocenters. The first kappa shape index (κ1) is 74.5. The molecule has 4 aliphatic rings. The van der Waals surface area contributed by atoms with Gasteiger partial charge in [0.05, 0.1) is 18.3 Å². The Balaban J connectivity index is 1.13. The lowest BCUT2D eigenvalue weighted by molar-refractivity contribution is -0.167. The highest BCUT2D eigenvalue weighted by Crippen LogP contribution is 2.66. The van der Waals surface area contributed by atoms with E-state index in [1.807, 2.05) is 7.11 Å². The molecule has 8 heteroatoms. The molecule has 85 heavy (non-hydrogen) atoms. The summed E-state index contributed by atoms with van der Waals surface area (Å²) in [6.07, 6.45) is 74.0. The van der Waals surface area contributed by atoms with E-state index in [0.29, 0.717) is 36.2 Å². The molecule has 4 rings (SSSR count). The molecule has 0 bridgehead atoms. The van der Waals surface area contributed by atoms with Crippen LogP contribution in [0.1, 0.15) is 336 Å². The van der Waals surface area contributed by atoms with Crippen molar-refractivity contribution in [1.82, 2.24) is 0 Å². The van der Waals surface area contributed by atoms with Crippen LogP contribution in [0.5, 0.6) is 0 Å². The normalized spacial score (nSPS) is 23.8. The third kappa shape index (κ3) is 30.9. The number of carbonyl (C=O) groups is 3. The third-order valence-electron chi connectivity index (χ3n) is 20.4. The smallest absolute Gasteiger partial charge is 0.306 e. The van der Waals surface area contributed by atoms with Gasteiger partial charge in [0.1, 0.15) is 13.2 Å². The van der Waals surface area contributed by atoms with E-state index in [1.165, 1.54) is 173 Å². The van der Waals surface area contributed by atoms with Gasteiger partial charge in [-0.25, -0.2) is 0 Å². The van der Waals surface area contributed by atoms with Crippen LogP contribution in [0.2, 0.25) is 0 Å². The van der Waals surface area contributed by atoms with Crippen LogP contribution in [0.3, 0.4) is 0 Å². The highest BCUT2D eigenvalue weighted by Gasteiger charge is 2.59. The number of esters is 3. The minimum absolute atomic E-state index is 0.0100. The number of fused-ring (bicyclic) bond motifs is 5. The molecule has 0 heterocycles. The lowest BCUT2D eigenvalue weighted by Crippen LogP contribution is -2.51. The van der Waals surface area contributed by atoms with E-state index in [2.05, 4.69) is 89.3 Å². The van der Waals surface area contributed by atoms with Gasteiger partial charge < -0.3 is 23.7 Å². The van der Waals surface area contributed by atoms with E-state index in [9.17, 15) is 14.4 Å². The Bertz CT molecular complexity index is 1880. The molecule has 3 saturated carbocycles. The fourth-order valence-corrected chi connectivity index (χ4v) is 15.1. The van der Waals surface area contributed by atoms with Gasteiger partial charge in [-0.15, -0.1) is 0 Å². The maximum atomic E-state index is 13.0. The molecular weight excluding hydrogens is 1050 g/mol. The number of hydrogen-bond acceptors (Lipinski definition) is 8. The summed E-state index contributed by atoms with van der Waals surface area (Å²) >= 11 is 0. The summed E-state index contributed by atoms with van der Waals surface area (Å²) in [5, 5.41) is 0. The molecule has 3 fully saturated rings. The van der Waals surface area contributed by atoms with E-state index in [0.717, 1.165) is 127 Å². The van der Waals surface area contributed by atoms with Crippen LogP contribution < -0.4 is 0 Å². The number of methoxy groups -OCH3 is 1. The Morgan fingerprint density at radius 3 is 1.39 bits per heavy atom. The predicted octanol–water partition coefficient (Wildman–Crippen LogP) is 22.2. The van der Waals surface area contributed by atoms with Gasteiger partial charge >= 0.3 is 17.9 Å². The second-order valence-corrected chi connectivity index (χ2v) is 27.4. The largest absolute Gasteiger partial charge is 0.462 e. The third-order valence-corrected chi connectivity index (χ3v) is 20.4. The van der Waals surface area contributed by atoms with Crippen molar-refractivity contribution in [2.45, 2.75) is 361 Å². The Morgan fingerprint density at radius 1 is 0.482 bits per heavy atom. The van der Waals surface area contributed by atoms with Crippen molar-refractivity contribution in [3.63, 3.8) is 0 Å². The average molecular weight is 1190 g/mol. The van der Waals surface area contributed by atoms with Gasteiger partial charge in [-0.1, -0.05) is 230 Å². The minimum Gasteiger partial charge on any atom is -0.462 e. The van der Waals surface area contributed by atoms with Gasteiger partial charge in [0.15, 0.2) is 6.10 Å². The number of rotatable bonds is 52.